The third-order valence-electron chi connectivity index (χ3n) is 6.41. The highest BCUT2D eigenvalue weighted by atomic mass is 32.1. The van der Waals surface area contributed by atoms with Crippen molar-refractivity contribution in [2.45, 2.75) is 13.5 Å². The van der Waals surface area contributed by atoms with E-state index in [2.05, 4.69) is 26.6 Å². The van der Waals surface area contributed by atoms with Gasteiger partial charge in [0.15, 0.2) is 5.11 Å². The zero-order valence-electron chi connectivity index (χ0n) is 22.0. The highest BCUT2D eigenvalue weighted by Crippen LogP contribution is 2.39. The van der Waals surface area contributed by atoms with Crippen molar-refractivity contribution < 1.29 is 9.59 Å². The Morgan fingerprint density at radius 2 is 1.43 bits per heavy atom. The van der Waals surface area contributed by atoms with Gasteiger partial charge in [-0.3, -0.25) is 9.59 Å². The number of carbonyl (C=O) groups is 2. The molecule has 1 heterocycles. The average Bonchev–Trinajstić information content (AvgIpc) is 3.31. The van der Waals surface area contributed by atoms with E-state index in [4.69, 9.17) is 12.2 Å². The second-order valence-electron chi connectivity index (χ2n) is 9.15. The van der Waals surface area contributed by atoms with Crippen LogP contribution in [0, 0.1) is 0 Å². The molecule has 0 unspecified atom stereocenters. The van der Waals surface area contributed by atoms with Gasteiger partial charge < -0.3 is 26.6 Å². The van der Waals surface area contributed by atoms with Gasteiger partial charge in [0.25, 0.3) is 11.8 Å². The number of hydrogen-bond acceptors (Lipinski definition) is 4. The monoisotopic (exact) mass is 547 g/mol. The minimum atomic E-state index is -0.253. The number of hydrogen-bond donors (Lipinski definition) is 5. The fourth-order valence-corrected chi connectivity index (χ4v) is 4.74. The van der Waals surface area contributed by atoms with Gasteiger partial charge in [-0.15, -0.1) is 0 Å². The summed E-state index contributed by atoms with van der Waals surface area (Å²) in [5, 5.41) is 16.2. The maximum atomic E-state index is 13.4. The lowest BCUT2D eigenvalue weighted by Crippen LogP contribution is -2.28. The van der Waals surface area contributed by atoms with Crippen LogP contribution in [0.5, 0.6) is 0 Å². The number of nitrogens with one attached hydrogen (secondary N) is 5. The molecule has 5 rings (SSSR count). The third kappa shape index (κ3) is 6.03. The zero-order chi connectivity index (χ0) is 27.9. The summed E-state index contributed by atoms with van der Waals surface area (Å²) in [6.45, 7) is 3.08. The van der Waals surface area contributed by atoms with Gasteiger partial charge in [-0.05, 0) is 60.6 Å². The van der Waals surface area contributed by atoms with Gasteiger partial charge in [-0.1, -0.05) is 72.8 Å². The van der Waals surface area contributed by atoms with Crippen LogP contribution in [0.15, 0.2) is 103 Å². The van der Waals surface area contributed by atoms with Crippen molar-refractivity contribution in [3.05, 3.63) is 125 Å². The normalized spacial score (nSPS) is 13.1. The van der Waals surface area contributed by atoms with Gasteiger partial charge >= 0.3 is 0 Å². The summed E-state index contributed by atoms with van der Waals surface area (Å²) >= 11 is 5.41. The van der Waals surface area contributed by atoms with Gasteiger partial charge in [0.05, 0.1) is 22.6 Å². The van der Waals surface area contributed by atoms with E-state index in [9.17, 15) is 9.59 Å². The minimum Gasteiger partial charge on any atom is -0.363 e. The van der Waals surface area contributed by atoms with E-state index < -0.39 is 0 Å². The molecule has 0 spiro atoms. The molecule has 200 valence electrons. The highest BCUT2D eigenvalue weighted by molar-refractivity contribution is 7.80. The lowest BCUT2D eigenvalue weighted by Gasteiger charge is -2.19. The van der Waals surface area contributed by atoms with Crippen LogP contribution in [-0.4, -0.2) is 23.5 Å². The Kier molecular flexibility index (Phi) is 8.18. The van der Waals surface area contributed by atoms with Crippen LogP contribution in [0.3, 0.4) is 0 Å². The first-order valence-corrected chi connectivity index (χ1v) is 13.4. The molecular weight excluding hydrogens is 518 g/mol. The maximum Gasteiger partial charge on any atom is 0.258 e. The molecule has 7 nitrogen and oxygen atoms in total. The summed E-state index contributed by atoms with van der Waals surface area (Å²) in [4.78, 5) is 26.5. The Morgan fingerprint density at radius 3 is 2.12 bits per heavy atom. The maximum absolute atomic E-state index is 13.4. The quantitative estimate of drug-likeness (QED) is 0.140. The first-order chi connectivity index (χ1) is 19.5. The van der Waals surface area contributed by atoms with Crippen molar-refractivity contribution in [3.63, 3.8) is 0 Å². The molecule has 0 atom stereocenters. The fraction of sp³-hybridized carbons (Fsp3) is 0.0938. The average molecular weight is 548 g/mol. The summed E-state index contributed by atoms with van der Waals surface area (Å²) in [5.41, 5.74) is 6.16. The van der Waals surface area contributed by atoms with Crippen LogP contribution < -0.4 is 26.6 Å². The van der Waals surface area contributed by atoms with Crippen molar-refractivity contribution in [2.24, 2.45) is 0 Å². The molecule has 0 saturated heterocycles. The van der Waals surface area contributed by atoms with Crippen molar-refractivity contribution in [3.8, 4) is 0 Å². The lowest BCUT2D eigenvalue weighted by molar-refractivity contribution is -0.110. The van der Waals surface area contributed by atoms with Crippen LogP contribution in [0.2, 0.25) is 0 Å². The second kappa shape index (κ2) is 12.3. The molecular formula is C32H29N5O2S. The molecule has 2 amide bonds. The molecule has 0 radical (unpaired) electrons. The highest BCUT2D eigenvalue weighted by Gasteiger charge is 2.29. The van der Waals surface area contributed by atoms with Crippen LogP contribution in [0.4, 0.5) is 17.1 Å². The predicted octanol–water partition coefficient (Wildman–Crippen LogP) is 5.86. The molecule has 0 bridgehead atoms. The number of fused-ring (bicyclic) bond motifs is 1. The van der Waals surface area contributed by atoms with Crippen molar-refractivity contribution >= 4 is 57.5 Å². The Balaban J connectivity index is 1.53. The Bertz CT molecular complexity index is 1590. The van der Waals surface area contributed by atoms with E-state index in [0.29, 0.717) is 46.3 Å². The van der Waals surface area contributed by atoms with Crippen molar-refractivity contribution in [1.82, 2.24) is 10.6 Å². The van der Waals surface area contributed by atoms with E-state index >= 15 is 0 Å². The van der Waals surface area contributed by atoms with Gasteiger partial charge in [-0.25, -0.2) is 0 Å². The van der Waals surface area contributed by atoms with E-state index in [1.54, 1.807) is 18.2 Å². The number of rotatable bonds is 8. The topological polar surface area (TPSA) is 94.3 Å². The molecule has 1 aliphatic heterocycles. The number of thiocarbonyl (C=S) groups is 1. The first-order valence-electron chi connectivity index (χ1n) is 13.0. The van der Waals surface area contributed by atoms with E-state index in [-0.39, 0.29) is 11.8 Å². The van der Waals surface area contributed by atoms with Crippen LogP contribution in [-0.2, 0) is 11.3 Å². The van der Waals surface area contributed by atoms with E-state index in [1.807, 2.05) is 91.9 Å². The fourth-order valence-electron chi connectivity index (χ4n) is 4.48. The van der Waals surface area contributed by atoms with Crippen LogP contribution in [0.25, 0.3) is 11.3 Å². The first kappa shape index (κ1) is 26.6. The smallest absolute Gasteiger partial charge is 0.258 e. The summed E-state index contributed by atoms with van der Waals surface area (Å²) in [5.74, 6) is -0.470. The summed E-state index contributed by atoms with van der Waals surface area (Å²) in [7, 11) is 0. The van der Waals surface area contributed by atoms with Crippen molar-refractivity contribution in [2.75, 3.05) is 22.5 Å². The van der Waals surface area contributed by atoms with Gasteiger partial charge in [-0.2, -0.15) is 0 Å². The molecule has 0 aromatic heterocycles. The molecule has 8 heteroatoms. The molecule has 0 fully saturated rings. The molecule has 4 aromatic rings. The molecule has 1 aliphatic rings. The van der Waals surface area contributed by atoms with Gasteiger partial charge in [0.2, 0.25) is 0 Å². The van der Waals surface area contributed by atoms with Crippen molar-refractivity contribution in [1.29, 1.82) is 0 Å². The zero-order valence-corrected chi connectivity index (χ0v) is 22.8. The third-order valence-corrected chi connectivity index (χ3v) is 6.65. The second-order valence-corrected chi connectivity index (χ2v) is 9.56. The molecule has 0 saturated carbocycles. The molecule has 0 aliphatic carbocycles. The Labute approximate surface area is 238 Å². The molecule has 5 N–H and O–H groups in total. The van der Waals surface area contributed by atoms with E-state index in [0.717, 1.165) is 22.5 Å². The summed E-state index contributed by atoms with van der Waals surface area (Å²) in [6, 6.07) is 32.3. The van der Waals surface area contributed by atoms with E-state index in [1.165, 1.54) is 0 Å². The predicted molar refractivity (Wildman–Crippen MR) is 166 cm³/mol. The number of carbonyl (C=O) groups excluding carboxylic acids is 2. The number of para-hydroxylation sites is 2. The number of benzene rings is 4. The van der Waals surface area contributed by atoms with Crippen LogP contribution >= 0.6 is 12.2 Å². The largest absolute Gasteiger partial charge is 0.363 e. The molecule has 4 aromatic carbocycles. The van der Waals surface area contributed by atoms with Crippen LogP contribution in [0.1, 0.15) is 34.0 Å². The SMILES string of the molecule is CCNC(=S)Nc1ccccc1N/C(=C1\C(=O)Nc2ccc(C(=O)NCc3ccccc3)cc21)c1ccccc1. The summed E-state index contributed by atoms with van der Waals surface area (Å²) in [6.07, 6.45) is 0. The van der Waals surface area contributed by atoms with Gasteiger partial charge in [0, 0.05) is 29.9 Å². The Hall–Kier alpha value is -4.95. The Morgan fingerprint density at radius 1 is 0.775 bits per heavy atom. The standard InChI is InChI=1S/C32H29N5O2S/c1-2-33-32(40)37-27-16-10-9-15-26(27)35-29(22-13-7-4-8-14-22)28-24-19-23(17-18-25(24)36-31(28)39)30(38)34-20-21-11-5-3-6-12-21/h3-19,35H,2,20H2,1H3,(H,34,38)(H,36,39)(H2,33,37,40)/b29-28-. The summed E-state index contributed by atoms with van der Waals surface area (Å²) < 4.78 is 0. The number of anilines is 3. The molecule has 40 heavy (non-hydrogen) atoms. The van der Waals surface area contributed by atoms with Gasteiger partial charge in [0.1, 0.15) is 0 Å². The number of amides is 2. The lowest BCUT2D eigenvalue weighted by atomic mass is 9.98. The minimum absolute atomic E-state index is 0.217.